The largest absolute Gasteiger partial charge is 1.00 e. The third kappa shape index (κ3) is 10.3. The van der Waals surface area contributed by atoms with Crippen LogP contribution in [0.2, 0.25) is 0 Å². The predicted molar refractivity (Wildman–Crippen MR) is 124 cm³/mol. The standard InChI is InChI=1S/C27H37NO3.Na/c1-2-3-4-5-6-7-8-9-16-21-24(29)28-26(27(30)31)25(22-17-12-10-13-18-22)23-19-14-11-15-20-23;/h10-15,17-20,25-26H,2-9,16,21H2,1H3,(H,28,29)(H,30,31);/q;+1/p-1. The van der Waals surface area contributed by atoms with E-state index in [-0.39, 0.29) is 35.5 Å². The average molecular weight is 446 g/mol. The summed E-state index contributed by atoms with van der Waals surface area (Å²) in [6, 6.07) is 17.7. The molecule has 2 aromatic rings. The number of aliphatic carboxylic acids is 1. The molecule has 2 aromatic carbocycles. The molecule has 0 spiro atoms. The maximum absolute atomic E-state index is 12.5. The summed E-state index contributed by atoms with van der Waals surface area (Å²) in [4.78, 5) is 24.6. The molecule has 0 heterocycles. The summed E-state index contributed by atoms with van der Waals surface area (Å²) < 4.78 is 0. The number of amides is 1. The van der Waals surface area contributed by atoms with Crippen molar-refractivity contribution >= 4 is 11.9 Å². The van der Waals surface area contributed by atoms with Crippen molar-refractivity contribution in [2.24, 2.45) is 0 Å². The molecule has 0 bridgehead atoms. The van der Waals surface area contributed by atoms with Gasteiger partial charge >= 0.3 is 29.6 Å². The second kappa shape index (κ2) is 16.9. The monoisotopic (exact) mass is 445 g/mol. The minimum atomic E-state index is -1.27. The Labute approximate surface area is 215 Å². The first-order valence-corrected chi connectivity index (χ1v) is 11.7. The molecule has 1 atom stereocenters. The quantitative estimate of drug-likeness (QED) is 0.337. The number of rotatable bonds is 15. The van der Waals surface area contributed by atoms with Gasteiger partial charge in [-0.05, 0) is 17.5 Å². The van der Waals surface area contributed by atoms with Crippen LogP contribution >= 0.6 is 0 Å². The average Bonchev–Trinajstić information content (AvgIpc) is 2.79. The van der Waals surface area contributed by atoms with Crippen LogP contribution in [0.25, 0.3) is 0 Å². The van der Waals surface area contributed by atoms with Crippen LogP contribution in [-0.4, -0.2) is 17.9 Å². The zero-order valence-electron chi connectivity index (χ0n) is 19.7. The number of carboxylic acids is 1. The molecule has 2 rings (SSSR count). The van der Waals surface area contributed by atoms with Crippen molar-refractivity contribution in [3.63, 3.8) is 0 Å². The Morgan fingerprint density at radius 1 is 0.750 bits per heavy atom. The molecule has 0 aliphatic carbocycles. The summed E-state index contributed by atoms with van der Waals surface area (Å²) in [6.45, 7) is 2.22. The van der Waals surface area contributed by atoms with E-state index < -0.39 is 17.9 Å². The van der Waals surface area contributed by atoms with Crippen LogP contribution in [0, 0.1) is 0 Å². The van der Waals surface area contributed by atoms with Gasteiger partial charge in [0, 0.05) is 12.3 Å². The van der Waals surface area contributed by atoms with E-state index in [0.29, 0.717) is 6.42 Å². The van der Waals surface area contributed by atoms with Crippen LogP contribution in [-0.2, 0) is 9.59 Å². The molecule has 0 saturated heterocycles. The summed E-state index contributed by atoms with van der Waals surface area (Å²) in [6.07, 6.45) is 10.9. The molecule has 0 radical (unpaired) electrons. The summed E-state index contributed by atoms with van der Waals surface area (Å²) in [7, 11) is 0. The number of unbranched alkanes of at least 4 members (excludes halogenated alkanes) is 8. The maximum Gasteiger partial charge on any atom is 1.00 e. The van der Waals surface area contributed by atoms with Crippen molar-refractivity contribution in [1.82, 2.24) is 5.32 Å². The van der Waals surface area contributed by atoms with E-state index >= 15 is 0 Å². The molecular formula is C27H36NNaO3. The molecule has 4 nitrogen and oxygen atoms in total. The Balaban J connectivity index is 0.00000512. The van der Waals surface area contributed by atoms with Gasteiger partial charge in [-0.1, -0.05) is 119 Å². The summed E-state index contributed by atoms with van der Waals surface area (Å²) >= 11 is 0. The third-order valence-electron chi connectivity index (χ3n) is 5.73. The van der Waals surface area contributed by atoms with Gasteiger partial charge < -0.3 is 15.2 Å². The Hall–Kier alpha value is -1.62. The number of nitrogens with one attached hydrogen (secondary N) is 1. The van der Waals surface area contributed by atoms with Crippen molar-refractivity contribution in [2.45, 2.75) is 83.1 Å². The van der Waals surface area contributed by atoms with Crippen LogP contribution in [0.15, 0.2) is 60.7 Å². The van der Waals surface area contributed by atoms with Gasteiger partial charge in [0.1, 0.15) is 0 Å². The zero-order valence-corrected chi connectivity index (χ0v) is 21.7. The first kappa shape index (κ1) is 28.4. The van der Waals surface area contributed by atoms with E-state index in [0.717, 1.165) is 30.4 Å². The smallest absolute Gasteiger partial charge is 0.548 e. The molecular weight excluding hydrogens is 409 g/mol. The molecule has 0 aliphatic heterocycles. The van der Waals surface area contributed by atoms with E-state index in [2.05, 4.69) is 12.2 Å². The maximum atomic E-state index is 12.5. The number of benzene rings is 2. The van der Waals surface area contributed by atoms with Crippen LogP contribution in [0.4, 0.5) is 0 Å². The van der Waals surface area contributed by atoms with Crippen LogP contribution in [0.1, 0.15) is 88.2 Å². The fraction of sp³-hybridized carbons (Fsp3) is 0.481. The zero-order chi connectivity index (χ0) is 22.3. The van der Waals surface area contributed by atoms with Crippen molar-refractivity contribution in [2.75, 3.05) is 0 Å². The molecule has 0 saturated carbocycles. The van der Waals surface area contributed by atoms with Gasteiger partial charge in [-0.3, -0.25) is 4.79 Å². The summed E-state index contributed by atoms with van der Waals surface area (Å²) in [5.41, 5.74) is 1.68. The van der Waals surface area contributed by atoms with Gasteiger partial charge in [0.2, 0.25) is 5.91 Å². The second-order valence-corrected chi connectivity index (χ2v) is 8.24. The number of carbonyl (C=O) groups is 2. The van der Waals surface area contributed by atoms with E-state index in [9.17, 15) is 14.7 Å². The molecule has 1 amide bonds. The van der Waals surface area contributed by atoms with Gasteiger partial charge in [-0.15, -0.1) is 0 Å². The molecule has 0 fully saturated rings. The van der Waals surface area contributed by atoms with Gasteiger partial charge in [0.25, 0.3) is 0 Å². The van der Waals surface area contributed by atoms with E-state index in [1.807, 2.05) is 60.7 Å². The Morgan fingerprint density at radius 3 is 1.62 bits per heavy atom. The first-order valence-electron chi connectivity index (χ1n) is 11.7. The van der Waals surface area contributed by atoms with Gasteiger partial charge in [-0.2, -0.15) is 0 Å². The fourth-order valence-electron chi connectivity index (χ4n) is 4.02. The number of carboxylic acid groups (broad SMARTS) is 1. The Morgan fingerprint density at radius 2 is 1.19 bits per heavy atom. The number of hydrogen-bond acceptors (Lipinski definition) is 3. The fourth-order valence-corrected chi connectivity index (χ4v) is 4.02. The SMILES string of the molecule is CCCCCCCCCCCC(=O)NC(C(=O)[O-])C(c1ccccc1)c1ccccc1.[Na+]. The van der Waals surface area contributed by atoms with Crippen molar-refractivity contribution in [1.29, 1.82) is 0 Å². The molecule has 32 heavy (non-hydrogen) atoms. The Bertz CT molecular complexity index is 727. The minimum Gasteiger partial charge on any atom is -0.548 e. The van der Waals surface area contributed by atoms with Crippen LogP contribution in [0.5, 0.6) is 0 Å². The van der Waals surface area contributed by atoms with E-state index in [4.69, 9.17) is 0 Å². The van der Waals surface area contributed by atoms with Crippen LogP contribution < -0.4 is 40.0 Å². The van der Waals surface area contributed by atoms with E-state index in [1.54, 1.807) is 0 Å². The van der Waals surface area contributed by atoms with E-state index in [1.165, 1.54) is 38.5 Å². The number of hydrogen-bond donors (Lipinski definition) is 1. The van der Waals surface area contributed by atoms with Crippen molar-refractivity contribution in [3.05, 3.63) is 71.8 Å². The Kier molecular flexibility index (Phi) is 15.0. The third-order valence-corrected chi connectivity index (χ3v) is 5.73. The van der Waals surface area contributed by atoms with Crippen molar-refractivity contribution in [3.8, 4) is 0 Å². The second-order valence-electron chi connectivity index (χ2n) is 8.24. The minimum absolute atomic E-state index is 0. The molecule has 168 valence electrons. The van der Waals surface area contributed by atoms with Gasteiger partial charge in [0.15, 0.2) is 0 Å². The summed E-state index contributed by atoms with van der Waals surface area (Å²) in [5, 5.41) is 14.8. The van der Waals surface area contributed by atoms with Gasteiger partial charge in [0.05, 0.1) is 12.0 Å². The van der Waals surface area contributed by atoms with Crippen LogP contribution in [0.3, 0.4) is 0 Å². The van der Waals surface area contributed by atoms with Gasteiger partial charge in [-0.25, -0.2) is 0 Å². The summed E-state index contributed by atoms with van der Waals surface area (Å²) in [5.74, 6) is -1.99. The molecule has 1 unspecified atom stereocenters. The predicted octanol–water partition coefficient (Wildman–Crippen LogP) is 1.98. The van der Waals surface area contributed by atoms with Crippen molar-refractivity contribution < 1.29 is 44.3 Å². The molecule has 0 aromatic heterocycles. The number of carbonyl (C=O) groups excluding carboxylic acids is 2. The molecule has 5 heteroatoms. The first-order chi connectivity index (χ1) is 15.1. The molecule has 0 aliphatic rings. The normalized spacial score (nSPS) is 11.6. The topological polar surface area (TPSA) is 69.2 Å². The molecule has 1 N–H and O–H groups in total.